The van der Waals surface area contributed by atoms with Gasteiger partial charge in [0, 0.05) is 31.1 Å². The largest absolute Gasteiger partial charge is 0.493 e. The highest BCUT2D eigenvalue weighted by Gasteiger charge is 2.39. The number of anilines is 1. The Kier molecular flexibility index (Phi) is 8.77. The van der Waals surface area contributed by atoms with Crippen molar-refractivity contribution >= 4 is 11.8 Å². The number of rotatable bonds is 11. The number of aromatic nitrogens is 3. The summed E-state index contributed by atoms with van der Waals surface area (Å²) in [6.45, 7) is 8.00. The molecule has 0 aliphatic carbocycles. The fourth-order valence-corrected chi connectivity index (χ4v) is 5.91. The Hall–Kier alpha value is -4.85. The Morgan fingerprint density at radius 3 is 2.41 bits per heavy atom. The Morgan fingerprint density at radius 2 is 1.68 bits per heavy atom. The zero-order valence-corrected chi connectivity index (χ0v) is 25.5. The van der Waals surface area contributed by atoms with E-state index < -0.39 is 0 Å². The Labute approximate surface area is 258 Å². The molecule has 1 aliphatic heterocycles. The highest BCUT2D eigenvalue weighted by molar-refractivity contribution is 5.75. The van der Waals surface area contributed by atoms with Gasteiger partial charge in [-0.15, -0.1) is 0 Å². The van der Waals surface area contributed by atoms with E-state index in [1.807, 2.05) is 98.2 Å². The van der Waals surface area contributed by atoms with Crippen LogP contribution < -0.4 is 9.64 Å². The van der Waals surface area contributed by atoms with Crippen LogP contribution in [0.25, 0.3) is 17.1 Å². The van der Waals surface area contributed by atoms with Crippen molar-refractivity contribution < 1.29 is 18.7 Å². The molecule has 0 amide bonds. The third-order valence-corrected chi connectivity index (χ3v) is 8.11. The maximum absolute atomic E-state index is 13.1. The number of nitrogens with zero attached hydrogens (tertiary/aromatic N) is 4. The van der Waals surface area contributed by atoms with Crippen molar-refractivity contribution in [2.24, 2.45) is 11.8 Å². The quantitative estimate of drug-likeness (QED) is 0.160. The lowest BCUT2D eigenvalue weighted by Crippen LogP contribution is -2.27. The van der Waals surface area contributed by atoms with E-state index in [0.29, 0.717) is 32.1 Å². The fourth-order valence-electron chi connectivity index (χ4n) is 5.91. The van der Waals surface area contributed by atoms with E-state index >= 15 is 0 Å². The molecule has 3 heterocycles. The van der Waals surface area contributed by atoms with Gasteiger partial charge in [-0.2, -0.15) is 5.10 Å². The van der Waals surface area contributed by atoms with Crippen LogP contribution in [0.3, 0.4) is 0 Å². The van der Waals surface area contributed by atoms with Crippen molar-refractivity contribution in [3.8, 4) is 22.9 Å². The molecule has 2 aromatic heterocycles. The van der Waals surface area contributed by atoms with E-state index in [1.165, 1.54) is 0 Å². The average molecular weight is 591 g/mol. The van der Waals surface area contributed by atoms with Crippen LogP contribution in [0, 0.1) is 25.7 Å². The van der Waals surface area contributed by atoms with Gasteiger partial charge in [0.2, 0.25) is 5.89 Å². The van der Waals surface area contributed by atoms with Gasteiger partial charge in [-0.25, -0.2) is 9.67 Å². The zero-order valence-electron chi connectivity index (χ0n) is 25.5. The van der Waals surface area contributed by atoms with Gasteiger partial charge in [-0.3, -0.25) is 4.79 Å². The monoisotopic (exact) mass is 590 g/mol. The van der Waals surface area contributed by atoms with Gasteiger partial charge in [-0.05, 0) is 75.1 Å². The van der Waals surface area contributed by atoms with Crippen LogP contribution >= 0.6 is 0 Å². The van der Waals surface area contributed by atoms with Gasteiger partial charge in [0.05, 0.1) is 36.2 Å². The van der Waals surface area contributed by atoms with E-state index in [9.17, 15) is 4.79 Å². The predicted molar refractivity (Wildman–Crippen MR) is 170 cm³/mol. The molecule has 1 fully saturated rings. The standard InChI is InChI=1S/C36H38N4O4/c1-4-42-36(41)32-24-39(34-21-25(2)38-40(34)30-13-9-6-10-14-30)23-29(32)22-27-15-17-31(18-16-27)43-20-19-33-26(3)44-35(37-33)28-11-7-5-8-12-28/h5-18,21,29,32H,4,19-20,22-24H2,1-3H3/t29-,32+/m1/s1. The third-order valence-electron chi connectivity index (χ3n) is 8.11. The maximum atomic E-state index is 13.1. The first kappa shape index (κ1) is 29.2. The van der Waals surface area contributed by atoms with Crippen molar-refractivity contribution in [1.82, 2.24) is 14.8 Å². The minimum atomic E-state index is -0.225. The molecular weight excluding hydrogens is 552 g/mol. The van der Waals surface area contributed by atoms with Crippen LogP contribution in [-0.4, -0.2) is 47.0 Å². The number of aryl methyl sites for hydroxylation is 2. The van der Waals surface area contributed by atoms with Gasteiger partial charge in [0.15, 0.2) is 0 Å². The van der Waals surface area contributed by atoms with Crippen LogP contribution in [-0.2, 0) is 22.4 Å². The van der Waals surface area contributed by atoms with Crippen LogP contribution in [0.2, 0.25) is 0 Å². The Bertz CT molecular complexity index is 1680. The van der Waals surface area contributed by atoms with E-state index in [-0.39, 0.29) is 17.8 Å². The van der Waals surface area contributed by atoms with Crippen molar-refractivity contribution in [2.45, 2.75) is 33.6 Å². The summed E-state index contributed by atoms with van der Waals surface area (Å²) in [6.07, 6.45) is 1.42. The number of hydrogen-bond acceptors (Lipinski definition) is 7. The van der Waals surface area contributed by atoms with Crippen molar-refractivity contribution in [2.75, 3.05) is 31.2 Å². The molecule has 0 spiro atoms. The smallest absolute Gasteiger partial charge is 0.311 e. The van der Waals surface area contributed by atoms with E-state index in [2.05, 4.69) is 28.1 Å². The summed E-state index contributed by atoms with van der Waals surface area (Å²) in [4.78, 5) is 20.0. The molecule has 8 nitrogen and oxygen atoms in total. The highest BCUT2D eigenvalue weighted by atomic mass is 16.5. The lowest BCUT2D eigenvalue weighted by atomic mass is 9.90. The molecule has 226 valence electrons. The van der Waals surface area contributed by atoms with E-state index in [0.717, 1.165) is 58.5 Å². The summed E-state index contributed by atoms with van der Waals surface area (Å²) >= 11 is 0. The van der Waals surface area contributed by atoms with Gasteiger partial charge >= 0.3 is 5.97 Å². The van der Waals surface area contributed by atoms with E-state index in [1.54, 1.807) is 0 Å². The van der Waals surface area contributed by atoms with Crippen molar-refractivity contribution in [3.05, 3.63) is 114 Å². The second kappa shape index (κ2) is 13.2. The summed E-state index contributed by atoms with van der Waals surface area (Å²) in [5, 5.41) is 4.75. The average Bonchev–Trinajstić information content (AvgIpc) is 3.75. The first-order valence-corrected chi connectivity index (χ1v) is 15.3. The summed E-state index contributed by atoms with van der Waals surface area (Å²) in [5.74, 6) is 2.98. The first-order chi connectivity index (χ1) is 21.5. The molecule has 0 N–H and O–H groups in total. The third kappa shape index (κ3) is 6.54. The molecule has 2 atom stereocenters. The Balaban J connectivity index is 1.10. The topological polar surface area (TPSA) is 82.6 Å². The fraction of sp³-hybridized carbons (Fsp3) is 0.306. The highest BCUT2D eigenvalue weighted by Crippen LogP contribution is 2.33. The number of esters is 1. The summed E-state index contributed by atoms with van der Waals surface area (Å²) in [7, 11) is 0. The molecule has 1 aliphatic rings. The summed E-state index contributed by atoms with van der Waals surface area (Å²) in [5.41, 5.74) is 4.96. The van der Waals surface area contributed by atoms with Crippen LogP contribution in [0.1, 0.15) is 29.6 Å². The lowest BCUT2D eigenvalue weighted by Gasteiger charge is -2.20. The number of carbonyl (C=O) groups excluding carboxylic acids is 1. The molecule has 5 aromatic rings. The van der Waals surface area contributed by atoms with E-state index in [4.69, 9.17) is 19.0 Å². The second-order valence-electron chi connectivity index (χ2n) is 11.2. The predicted octanol–water partition coefficient (Wildman–Crippen LogP) is 6.62. The molecule has 8 heteroatoms. The number of para-hydroxylation sites is 1. The molecule has 6 rings (SSSR count). The number of carbonyl (C=O) groups is 1. The number of benzene rings is 3. The lowest BCUT2D eigenvalue weighted by molar-refractivity contribution is -0.148. The molecule has 44 heavy (non-hydrogen) atoms. The number of hydrogen-bond donors (Lipinski definition) is 0. The maximum Gasteiger partial charge on any atom is 0.311 e. The molecule has 1 saturated heterocycles. The minimum absolute atomic E-state index is 0.106. The van der Waals surface area contributed by atoms with Gasteiger partial charge in [0.1, 0.15) is 17.3 Å². The number of ether oxygens (including phenoxy) is 2. The van der Waals surface area contributed by atoms with Crippen LogP contribution in [0.5, 0.6) is 5.75 Å². The van der Waals surface area contributed by atoms with Crippen LogP contribution in [0.15, 0.2) is 95.4 Å². The normalized spacial score (nSPS) is 16.3. The molecule has 0 saturated carbocycles. The SMILES string of the molecule is CCOC(=O)[C@H]1CN(c2cc(C)nn2-c2ccccc2)C[C@H]1Cc1ccc(OCCc2nc(-c3ccccc3)oc2C)cc1. The molecule has 0 radical (unpaired) electrons. The minimum Gasteiger partial charge on any atom is -0.493 e. The van der Waals surface area contributed by atoms with Gasteiger partial charge < -0.3 is 18.8 Å². The summed E-state index contributed by atoms with van der Waals surface area (Å²) in [6, 6.07) is 30.3. The van der Waals surface area contributed by atoms with Crippen molar-refractivity contribution in [1.29, 1.82) is 0 Å². The molecule has 0 unspecified atom stereocenters. The zero-order chi connectivity index (χ0) is 30.5. The first-order valence-electron chi connectivity index (χ1n) is 15.3. The van der Waals surface area contributed by atoms with Crippen LogP contribution in [0.4, 0.5) is 5.82 Å². The van der Waals surface area contributed by atoms with Gasteiger partial charge in [-0.1, -0.05) is 48.5 Å². The van der Waals surface area contributed by atoms with Gasteiger partial charge in [0.25, 0.3) is 0 Å². The molecular formula is C36H38N4O4. The molecule has 0 bridgehead atoms. The van der Waals surface area contributed by atoms with Crippen molar-refractivity contribution in [3.63, 3.8) is 0 Å². The number of oxazole rings is 1. The summed E-state index contributed by atoms with van der Waals surface area (Å²) < 4.78 is 19.4. The Morgan fingerprint density at radius 1 is 0.955 bits per heavy atom. The molecule has 3 aromatic carbocycles. The second-order valence-corrected chi connectivity index (χ2v) is 11.2.